The minimum Gasteiger partial charge on any atom is -0.479 e. The predicted octanol–water partition coefficient (Wildman–Crippen LogP) is -1.82. The number of carboxylic acids is 1. The molecule has 0 bridgehead atoms. The number of carboxylic acid groups (broad SMARTS) is 1. The number of aliphatic hydroxyl groups is 6. The van der Waals surface area contributed by atoms with E-state index in [1.165, 1.54) is 6.92 Å². The first kappa shape index (κ1) is 80.4. The summed E-state index contributed by atoms with van der Waals surface area (Å²) in [6, 6.07) is -1.84. The minimum atomic E-state index is -2.92. The smallest absolute Gasteiger partial charge is 0.332 e. The zero-order valence-corrected chi connectivity index (χ0v) is 53.8. The van der Waals surface area contributed by atoms with Gasteiger partial charge in [0.25, 0.3) is 0 Å². The van der Waals surface area contributed by atoms with Gasteiger partial charge in [-0.1, -0.05) is 45.4 Å². The van der Waals surface area contributed by atoms with Crippen LogP contribution in [0.4, 0.5) is 0 Å². The van der Waals surface area contributed by atoms with Gasteiger partial charge in [-0.05, 0) is 38.0 Å². The number of methoxy groups -OCH3 is 1. The largest absolute Gasteiger partial charge is 0.479 e. The number of rotatable bonds is 52. The van der Waals surface area contributed by atoms with Crippen LogP contribution < -0.4 is 16.0 Å². The molecule has 2 unspecified atom stereocenters. The normalized spacial score (nSPS) is 28.4. The topological polar surface area (TPSA) is 403 Å². The predicted molar refractivity (Wildman–Crippen MR) is 318 cm³/mol. The van der Waals surface area contributed by atoms with E-state index in [0.717, 1.165) is 39.0 Å². The fourth-order valence-corrected chi connectivity index (χ4v) is 10.9. The van der Waals surface area contributed by atoms with E-state index in [2.05, 4.69) is 16.0 Å². The van der Waals surface area contributed by atoms with Crippen LogP contribution >= 0.6 is 0 Å². The van der Waals surface area contributed by atoms with E-state index >= 15 is 0 Å². The second-order valence-electron chi connectivity index (χ2n) is 22.7. The van der Waals surface area contributed by atoms with E-state index in [-0.39, 0.29) is 63.8 Å². The first-order chi connectivity index (χ1) is 44.0. The summed E-state index contributed by atoms with van der Waals surface area (Å²) in [5.41, 5.74) is 0. The number of ether oxygens (including phenoxy) is 17. The standard InChI is InChI=1S/C60H109N3O28/c1-5-44-38-45(39-46(53(44)90-58-52(69)51(68)50(67)41(2)87-58)88-59-54(63-42(3)65)60(74,55(70)48(40-64)89-59)91-47(57(72)73)37-43-9-7-6-8-10-43)56(71)62-13-12-61-49(66)11-14-76-17-18-78-21-22-80-25-26-82-29-30-84-33-34-86-36-35-85-32-31-83-28-27-81-24-23-79-20-19-77-16-15-75-4/h41,43-48,50-55,58-59,64,67-70,74H,5-40H2,1-4H3,(H,61,66)(H,62,71)(H,63,65)(H,72,73)/t41-,44-,45+,46+,47+,48+,50+,51+,52-,53+,54-,55-,58?,59?,60-/m0/s1. The minimum absolute atomic E-state index is 0.0186. The molecule has 31 nitrogen and oxygen atoms in total. The Hall–Kier alpha value is -3.04. The molecule has 2 saturated carbocycles. The fraction of sp³-hybridized carbons (Fsp3) is 0.933. The van der Waals surface area contributed by atoms with E-state index in [4.69, 9.17) is 80.5 Å². The Labute approximate surface area is 534 Å². The zero-order valence-electron chi connectivity index (χ0n) is 53.8. The van der Waals surface area contributed by atoms with Crippen molar-refractivity contribution in [2.45, 2.75) is 164 Å². The van der Waals surface area contributed by atoms with Crippen LogP contribution in [0.3, 0.4) is 0 Å². The van der Waals surface area contributed by atoms with Gasteiger partial charge in [0.1, 0.15) is 36.6 Å². The lowest BCUT2D eigenvalue weighted by atomic mass is 9.75. The number of carbonyl (C=O) groups excluding carboxylic acids is 3. The van der Waals surface area contributed by atoms with Crippen molar-refractivity contribution in [2.24, 2.45) is 17.8 Å². The maximum Gasteiger partial charge on any atom is 0.332 e. The van der Waals surface area contributed by atoms with Gasteiger partial charge in [0.05, 0.1) is 177 Å². The summed E-state index contributed by atoms with van der Waals surface area (Å²) < 4.78 is 96.0. The highest BCUT2D eigenvalue weighted by atomic mass is 16.7. The Morgan fingerprint density at radius 1 is 0.593 bits per heavy atom. The summed E-state index contributed by atoms with van der Waals surface area (Å²) in [7, 11) is 1.63. The first-order valence-electron chi connectivity index (χ1n) is 32.3. The van der Waals surface area contributed by atoms with Crippen LogP contribution in [-0.4, -0.2) is 318 Å². The number of hydrogen-bond acceptors (Lipinski definition) is 27. The van der Waals surface area contributed by atoms with Crippen molar-refractivity contribution < 1.29 is 135 Å². The highest BCUT2D eigenvalue weighted by Gasteiger charge is 2.60. The van der Waals surface area contributed by atoms with Crippen molar-refractivity contribution in [1.82, 2.24) is 16.0 Å². The van der Waals surface area contributed by atoms with Crippen LogP contribution in [0.1, 0.15) is 85.0 Å². The Morgan fingerprint density at radius 2 is 1.07 bits per heavy atom. The highest BCUT2D eigenvalue weighted by Crippen LogP contribution is 2.41. The van der Waals surface area contributed by atoms with E-state index in [0.29, 0.717) is 145 Å². The molecule has 4 aliphatic rings. The Kier molecular flexibility index (Phi) is 42.2. The fourth-order valence-electron chi connectivity index (χ4n) is 10.9. The first-order valence-corrected chi connectivity index (χ1v) is 32.3. The lowest BCUT2D eigenvalue weighted by molar-refractivity contribution is -0.389. The third kappa shape index (κ3) is 31.1. The van der Waals surface area contributed by atoms with Gasteiger partial charge in [-0.2, -0.15) is 0 Å². The molecule has 0 aromatic heterocycles. The number of amides is 3. The molecule has 31 heteroatoms. The molecular formula is C60H109N3O28. The molecule has 2 aliphatic carbocycles. The van der Waals surface area contributed by atoms with Crippen molar-refractivity contribution >= 4 is 23.7 Å². The number of aliphatic hydroxyl groups excluding tert-OH is 5. The lowest BCUT2D eigenvalue weighted by Gasteiger charge is -2.52. The zero-order chi connectivity index (χ0) is 66.1. The van der Waals surface area contributed by atoms with Gasteiger partial charge in [0, 0.05) is 39.5 Å². The number of nitrogens with one attached hydrogen (secondary N) is 3. The molecule has 2 aliphatic heterocycles. The molecule has 532 valence electrons. The Balaban J connectivity index is 1.08. The number of hydrogen-bond donors (Lipinski definition) is 10. The molecule has 2 saturated heterocycles. The van der Waals surface area contributed by atoms with Crippen LogP contribution in [0.25, 0.3) is 0 Å². The van der Waals surface area contributed by atoms with Crippen LogP contribution in [0.5, 0.6) is 0 Å². The van der Waals surface area contributed by atoms with Gasteiger partial charge in [0.15, 0.2) is 18.7 Å². The molecular weight excluding hydrogens is 1210 g/mol. The Bertz CT molecular complexity index is 1920. The van der Waals surface area contributed by atoms with Gasteiger partial charge >= 0.3 is 5.97 Å². The molecule has 0 spiro atoms. The molecule has 0 aromatic carbocycles. The molecule has 0 radical (unpaired) electrons. The van der Waals surface area contributed by atoms with Crippen molar-refractivity contribution in [3.63, 3.8) is 0 Å². The highest BCUT2D eigenvalue weighted by molar-refractivity contribution is 5.79. The van der Waals surface area contributed by atoms with E-state index in [1.54, 1.807) is 7.11 Å². The quantitative estimate of drug-likeness (QED) is 0.0237. The second kappa shape index (κ2) is 47.8. The van der Waals surface area contributed by atoms with Crippen LogP contribution in [0.15, 0.2) is 0 Å². The monoisotopic (exact) mass is 1320 g/mol. The summed E-state index contributed by atoms with van der Waals surface area (Å²) in [5.74, 6) is -7.25. The maximum atomic E-state index is 14.0. The van der Waals surface area contributed by atoms with Gasteiger partial charge < -0.3 is 132 Å². The Morgan fingerprint density at radius 3 is 1.52 bits per heavy atom. The molecule has 2 heterocycles. The molecule has 15 atom stereocenters. The summed E-state index contributed by atoms with van der Waals surface area (Å²) in [5, 5.41) is 84.9. The van der Waals surface area contributed by atoms with Gasteiger partial charge in [0.2, 0.25) is 23.5 Å². The molecule has 4 rings (SSSR count). The van der Waals surface area contributed by atoms with Gasteiger partial charge in [-0.15, -0.1) is 0 Å². The SMILES string of the molecule is CC[C@H]1C[C@@H](C(=O)NCCNC(=O)CCOCCOCCOCCOCCOCCOCCOCCOCCOCCOCCOCCOC)C[C@@H](OC2O[C@H](CO)[C@H](O)[C@@](O)(O[C@H](CC3CCCCC3)C(=O)O)[C@H]2NC(C)=O)[C@@H]1OC1O[C@@H](C)[C@@H](O)[C@@H](O)[C@@H]1O. The summed E-state index contributed by atoms with van der Waals surface area (Å²) >= 11 is 0. The summed E-state index contributed by atoms with van der Waals surface area (Å²) in [6.07, 6.45) is -12.2. The second-order valence-corrected chi connectivity index (χ2v) is 22.7. The van der Waals surface area contributed by atoms with E-state index in [1.807, 2.05) is 6.92 Å². The molecule has 3 amide bonds. The van der Waals surface area contributed by atoms with E-state index < -0.39 is 116 Å². The molecule has 10 N–H and O–H groups in total. The number of carbonyl (C=O) groups is 4. The van der Waals surface area contributed by atoms with Crippen molar-refractivity contribution in [2.75, 3.05) is 179 Å². The van der Waals surface area contributed by atoms with Gasteiger partial charge in [-0.3, -0.25) is 14.4 Å². The average Bonchev–Trinajstić information content (AvgIpc) is 0.767. The van der Waals surface area contributed by atoms with Gasteiger partial charge in [-0.25, -0.2) is 4.79 Å². The van der Waals surface area contributed by atoms with Crippen molar-refractivity contribution in [3.8, 4) is 0 Å². The molecule has 91 heavy (non-hydrogen) atoms. The summed E-state index contributed by atoms with van der Waals surface area (Å²) in [6.45, 7) is 13.5. The molecule has 0 aromatic rings. The third-order valence-electron chi connectivity index (χ3n) is 15.8. The lowest BCUT2D eigenvalue weighted by Crippen LogP contribution is -2.74. The average molecular weight is 1320 g/mol. The van der Waals surface area contributed by atoms with E-state index in [9.17, 15) is 54.9 Å². The van der Waals surface area contributed by atoms with Crippen LogP contribution in [0.2, 0.25) is 0 Å². The summed E-state index contributed by atoms with van der Waals surface area (Å²) in [4.78, 5) is 52.2. The van der Waals surface area contributed by atoms with Crippen LogP contribution in [0, 0.1) is 17.8 Å². The van der Waals surface area contributed by atoms with Crippen molar-refractivity contribution in [1.29, 1.82) is 0 Å². The third-order valence-corrected chi connectivity index (χ3v) is 15.8. The van der Waals surface area contributed by atoms with Crippen molar-refractivity contribution in [3.05, 3.63) is 0 Å². The molecule has 4 fully saturated rings. The van der Waals surface area contributed by atoms with Crippen LogP contribution in [-0.2, 0) is 99.7 Å². The number of aliphatic carboxylic acids is 1. The maximum absolute atomic E-state index is 14.0.